The third kappa shape index (κ3) is 3.77. The fraction of sp³-hybridized carbons (Fsp3) is 0.429. The molecule has 5 heterocycles. The summed E-state index contributed by atoms with van der Waals surface area (Å²) in [6, 6.07) is 3.41. The number of pyridine rings is 1. The lowest BCUT2D eigenvalue weighted by Crippen LogP contribution is -2.41. The molecule has 1 saturated heterocycles. The van der Waals surface area contributed by atoms with Crippen LogP contribution in [-0.4, -0.2) is 62.7 Å². The Labute approximate surface area is 182 Å². The Balaban J connectivity index is 1.42. The maximum atomic E-state index is 13.4. The normalized spacial score (nSPS) is 19.4. The number of halogens is 3. The van der Waals surface area contributed by atoms with E-state index in [4.69, 9.17) is 0 Å². The maximum Gasteiger partial charge on any atom is 0.408 e. The molecular formula is C21H22F3N7O. The minimum Gasteiger partial charge on any atom is -0.343 e. The molecule has 5 rings (SSSR count). The van der Waals surface area contributed by atoms with Gasteiger partial charge in [0.25, 0.3) is 5.91 Å². The van der Waals surface area contributed by atoms with Gasteiger partial charge in [0.15, 0.2) is 11.3 Å². The summed E-state index contributed by atoms with van der Waals surface area (Å²) < 4.78 is 41.4. The van der Waals surface area contributed by atoms with E-state index in [1.54, 1.807) is 12.3 Å². The number of alkyl halides is 3. The van der Waals surface area contributed by atoms with Gasteiger partial charge in [-0.2, -0.15) is 13.2 Å². The molecule has 0 aliphatic carbocycles. The molecule has 8 nitrogen and oxygen atoms in total. The predicted molar refractivity (Wildman–Crippen MR) is 112 cm³/mol. The highest BCUT2D eigenvalue weighted by atomic mass is 19.4. The van der Waals surface area contributed by atoms with Gasteiger partial charge in [-0.05, 0) is 43.7 Å². The minimum atomic E-state index is -4.34. The highest BCUT2D eigenvalue weighted by Crippen LogP contribution is 2.35. The van der Waals surface area contributed by atoms with E-state index in [2.05, 4.69) is 25.3 Å². The third-order valence-corrected chi connectivity index (χ3v) is 5.99. The molecule has 1 fully saturated rings. The fourth-order valence-corrected chi connectivity index (χ4v) is 4.38. The maximum absolute atomic E-state index is 13.4. The molecule has 0 aromatic carbocycles. The first-order valence-corrected chi connectivity index (χ1v) is 10.5. The summed E-state index contributed by atoms with van der Waals surface area (Å²) in [6.07, 6.45) is -0.0392. The van der Waals surface area contributed by atoms with Crippen molar-refractivity contribution in [2.75, 3.05) is 30.4 Å². The van der Waals surface area contributed by atoms with Gasteiger partial charge in [-0.1, -0.05) is 0 Å². The summed E-state index contributed by atoms with van der Waals surface area (Å²) in [5.74, 6) is -0.287. The Kier molecular flexibility index (Phi) is 5.00. The smallest absolute Gasteiger partial charge is 0.343 e. The molecule has 1 amide bonds. The first-order valence-electron chi connectivity index (χ1n) is 10.5. The SMILES string of the molecule is CN1CCc2ncc(NC(=O)c3cnc4ccc(N5CCCC5C(F)(F)F)nn34)cc2C1. The van der Waals surface area contributed by atoms with Crippen LogP contribution in [0.5, 0.6) is 0 Å². The van der Waals surface area contributed by atoms with Crippen molar-refractivity contribution in [2.45, 2.75) is 38.0 Å². The van der Waals surface area contributed by atoms with Gasteiger partial charge in [-0.15, -0.1) is 5.10 Å². The van der Waals surface area contributed by atoms with Crippen molar-refractivity contribution in [2.24, 2.45) is 0 Å². The molecule has 2 aliphatic heterocycles. The Morgan fingerprint density at radius 2 is 2.03 bits per heavy atom. The van der Waals surface area contributed by atoms with Gasteiger partial charge in [-0.3, -0.25) is 9.78 Å². The predicted octanol–water partition coefficient (Wildman–Crippen LogP) is 2.90. The molecular weight excluding hydrogens is 423 g/mol. The molecule has 1 N–H and O–H groups in total. The lowest BCUT2D eigenvalue weighted by atomic mass is 10.1. The first kappa shape index (κ1) is 20.7. The van der Waals surface area contributed by atoms with Crippen LogP contribution in [0.3, 0.4) is 0 Å². The molecule has 1 unspecified atom stereocenters. The molecule has 168 valence electrons. The summed E-state index contributed by atoms with van der Waals surface area (Å²) in [7, 11) is 2.03. The van der Waals surface area contributed by atoms with E-state index in [9.17, 15) is 18.0 Å². The zero-order chi connectivity index (χ0) is 22.5. The molecule has 0 spiro atoms. The standard InChI is InChI=1S/C21H22F3N7O/c1-29-8-6-15-13(12-29)9-14(10-25-15)27-20(32)16-11-26-18-4-5-19(28-31(16)18)30-7-2-3-17(30)21(22,23)24/h4-5,9-11,17H,2-3,6-8,12H2,1H3,(H,27,32). The molecule has 11 heteroatoms. The number of likely N-dealkylation sites (N-methyl/N-ethyl adjacent to an activating group) is 1. The molecule has 0 saturated carbocycles. The van der Waals surface area contributed by atoms with Crippen molar-refractivity contribution in [3.63, 3.8) is 0 Å². The van der Waals surface area contributed by atoms with Gasteiger partial charge >= 0.3 is 6.18 Å². The van der Waals surface area contributed by atoms with Crippen LogP contribution in [0.2, 0.25) is 0 Å². The molecule has 2 aliphatic rings. The van der Waals surface area contributed by atoms with Crippen LogP contribution in [0.4, 0.5) is 24.7 Å². The Hall–Kier alpha value is -3.21. The summed E-state index contributed by atoms with van der Waals surface area (Å²) >= 11 is 0. The number of rotatable bonds is 3. The fourth-order valence-electron chi connectivity index (χ4n) is 4.38. The Bertz CT molecular complexity index is 1180. The summed E-state index contributed by atoms with van der Waals surface area (Å²) in [6.45, 7) is 1.95. The zero-order valence-electron chi connectivity index (χ0n) is 17.4. The van der Waals surface area contributed by atoms with Crippen LogP contribution in [0, 0.1) is 0 Å². The van der Waals surface area contributed by atoms with Gasteiger partial charge in [0.2, 0.25) is 0 Å². The van der Waals surface area contributed by atoms with E-state index in [0.717, 1.165) is 30.8 Å². The van der Waals surface area contributed by atoms with Crippen molar-refractivity contribution >= 4 is 23.1 Å². The number of carbonyl (C=O) groups excluding carboxylic acids is 1. The molecule has 3 aromatic heterocycles. The van der Waals surface area contributed by atoms with Crippen molar-refractivity contribution in [1.29, 1.82) is 0 Å². The topological polar surface area (TPSA) is 78.7 Å². The number of imidazole rings is 1. The molecule has 32 heavy (non-hydrogen) atoms. The number of aromatic nitrogens is 4. The summed E-state index contributed by atoms with van der Waals surface area (Å²) in [5.41, 5.74) is 3.15. The quantitative estimate of drug-likeness (QED) is 0.668. The van der Waals surface area contributed by atoms with Gasteiger partial charge in [-0.25, -0.2) is 9.50 Å². The molecule has 3 aromatic rings. The number of nitrogens with one attached hydrogen (secondary N) is 1. The second kappa shape index (κ2) is 7.73. The first-order chi connectivity index (χ1) is 15.3. The van der Waals surface area contributed by atoms with Gasteiger partial charge < -0.3 is 15.1 Å². The van der Waals surface area contributed by atoms with Crippen LogP contribution in [0.1, 0.15) is 34.6 Å². The minimum absolute atomic E-state index is 0.0288. The molecule has 0 radical (unpaired) electrons. The van der Waals surface area contributed by atoms with Crippen LogP contribution in [-0.2, 0) is 13.0 Å². The average molecular weight is 445 g/mol. The van der Waals surface area contributed by atoms with Crippen molar-refractivity contribution in [3.05, 3.63) is 47.5 Å². The summed E-state index contributed by atoms with van der Waals surface area (Å²) in [4.78, 5) is 25.0. The van der Waals surface area contributed by atoms with Crippen LogP contribution in [0.25, 0.3) is 5.65 Å². The highest BCUT2D eigenvalue weighted by molar-refractivity contribution is 6.03. The number of hydrogen-bond acceptors (Lipinski definition) is 6. The number of anilines is 2. The Morgan fingerprint density at radius 3 is 2.84 bits per heavy atom. The van der Waals surface area contributed by atoms with Gasteiger partial charge in [0, 0.05) is 31.7 Å². The molecule has 0 bridgehead atoms. The number of hydrogen-bond donors (Lipinski definition) is 1. The molecule has 1 atom stereocenters. The van der Waals surface area contributed by atoms with Gasteiger partial charge in [0.1, 0.15) is 11.9 Å². The largest absolute Gasteiger partial charge is 0.408 e. The monoisotopic (exact) mass is 445 g/mol. The number of fused-ring (bicyclic) bond motifs is 2. The van der Waals surface area contributed by atoms with E-state index >= 15 is 0 Å². The highest BCUT2D eigenvalue weighted by Gasteiger charge is 2.46. The van der Waals surface area contributed by atoms with E-state index in [-0.39, 0.29) is 24.5 Å². The number of nitrogens with zero attached hydrogens (tertiary/aromatic N) is 6. The number of amides is 1. The lowest BCUT2D eigenvalue weighted by Gasteiger charge is -2.27. The third-order valence-electron chi connectivity index (χ3n) is 5.99. The van der Waals surface area contributed by atoms with E-state index in [0.29, 0.717) is 17.8 Å². The second-order valence-electron chi connectivity index (χ2n) is 8.27. The summed E-state index contributed by atoms with van der Waals surface area (Å²) in [5, 5.41) is 7.13. The van der Waals surface area contributed by atoms with E-state index in [1.165, 1.54) is 21.7 Å². The van der Waals surface area contributed by atoms with Crippen LogP contribution < -0.4 is 10.2 Å². The van der Waals surface area contributed by atoms with E-state index < -0.39 is 18.1 Å². The van der Waals surface area contributed by atoms with E-state index in [1.807, 2.05) is 13.1 Å². The second-order valence-corrected chi connectivity index (χ2v) is 8.27. The van der Waals surface area contributed by atoms with Crippen molar-refractivity contribution in [3.8, 4) is 0 Å². The van der Waals surface area contributed by atoms with Crippen LogP contribution in [0.15, 0.2) is 30.6 Å². The lowest BCUT2D eigenvalue weighted by molar-refractivity contribution is -0.146. The van der Waals surface area contributed by atoms with Crippen molar-refractivity contribution in [1.82, 2.24) is 24.5 Å². The Morgan fingerprint density at radius 1 is 1.19 bits per heavy atom. The number of carbonyl (C=O) groups is 1. The zero-order valence-corrected chi connectivity index (χ0v) is 17.4. The van der Waals surface area contributed by atoms with Crippen molar-refractivity contribution < 1.29 is 18.0 Å². The average Bonchev–Trinajstić information content (AvgIpc) is 3.40. The van der Waals surface area contributed by atoms with Gasteiger partial charge in [0.05, 0.1) is 18.1 Å². The van der Waals surface area contributed by atoms with Crippen LogP contribution >= 0.6 is 0 Å².